The van der Waals surface area contributed by atoms with Crippen LogP contribution in [-0.4, -0.2) is 19.7 Å². The molecule has 0 atom stereocenters. The fourth-order valence-corrected chi connectivity index (χ4v) is 2.22. The van der Waals surface area contributed by atoms with Gasteiger partial charge in [0, 0.05) is 5.38 Å². The minimum absolute atomic E-state index is 0.704. The van der Waals surface area contributed by atoms with Crippen molar-refractivity contribution in [3.8, 4) is 5.69 Å². The Morgan fingerprint density at radius 2 is 2.22 bits per heavy atom. The number of aromatic nitrogens is 4. The number of nitrogens with one attached hydrogen (secondary N) is 1. The fraction of sp³-hybridized carbons (Fsp3) is 0.0833. The Labute approximate surface area is 108 Å². The number of para-hydroxylation sites is 2. The SMILES string of the molecule is c1ccc(-n2cncn2)c(NCc2cscn2)c1. The van der Waals surface area contributed by atoms with Gasteiger partial charge in [-0.25, -0.2) is 14.6 Å². The first-order valence-corrected chi connectivity index (χ1v) is 6.43. The largest absolute Gasteiger partial charge is 0.378 e. The third-order valence-corrected chi connectivity index (χ3v) is 3.15. The molecule has 0 bridgehead atoms. The fourth-order valence-electron chi connectivity index (χ4n) is 1.67. The van der Waals surface area contributed by atoms with Gasteiger partial charge in [0.15, 0.2) is 0 Å². The predicted molar refractivity (Wildman–Crippen MR) is 70.8 cm³/mol. The summed E-state index contributed by atoms with van der Waals surface area (Å²) in [4.78, 5) is 8.21. The molecule has 0 aliphatic rings. The van der Waals surface area contributed by atoms with Gasteiger partial charge < -0.3 is 5.32 Å². The molecule has 0 saturated heterocycles. The Hall–Kier alpha value is -2.21. The summed E-state index contributed by atoms with van der Waals surface area (Å²) in [5, 5.41) is 9.54. The summed E-state index contributed by atoms with van der Waals surface area (Å²) in [7, 11) is 0. The van der Waals surface area contributed by atoms with Crippen molar-refractivity contribution in [2.75, 3.05) is 5.32 Å². The van der Waals surface area contributed by atoms with Crippen LogP contribution in [0, 0.1) is 0 Å². The first kappa shape index (κ1) is 10.9. The van der Waals surface area contributed by atoms with Gasteiger partial charge in [-0.3, -0.25) is 0 Å². The molecule has 2 aromatic heterocycles. The molecule has 0 radical (unpaired) electrons. The van der Waals surface area contributed by atoms with E-state index < -0.39 is 0 Å². The van der Waals surface area contributed by atoms with Gasteiger partial charge in [0.25, 0.3) is 0 Å². The molecular formula is C12H11N5S. The van der Waals surface area contributed by atoms with Gasteiger partial charge in [0.05, 0.1) is 29.1 Å². The van der Waals surface area contributed by atoms with Crippen molar-refractivity contribution in [1.82, 2.24) is 19.7 Å². The summed E-state index contributed by atoms with van der Waals surface area (Å²) in [6.07, 6.45) is 3.21. The van der Waals surface area contributed by atoms with E-state index in [4.69, 9.17) is 0 Å². The third-order valence-electron chi connectivity index (χ3n) is 2.51. The molecule has 0 unspecified atom stereocenters. The zero-order chi connectivity index (χ0) is 12.2. The van der Waals surface area contributed by atoms with Crippen LogP contribution in [0.25, 0.3) is 5.69 Å². The van der Waals surface area contributed by atoms with Gasteiger partial charge in [0.2, 0.25) is 0 Å². The molecule has 0 amide bonds. The Morgan fingerprint density at radius 3 is 3.00 bits per heavy atom. The average Bonchev–Trinajstić information content (AvgIpc) is 3.10. The molecule has 1 aromatic carbocycles. The van der Waals surface area contributed by atoms with Crippen molar-refractivity contribution in [3.63, 3.8) is 0 Å². The van der Waals surface area contributed by atoms with Gasteiger partial charge in [0.1, 0.15) is 12.7 Å². The van der Waals surface area contributed by atoms with Crippen LogP contribution in [0.15, 0.2) is 47.8 Å². The van der Waals surface area contributed by atoms with Crippen molar-refractivity contribution in [3.05, 3.63) is 53.5 Å². The van der Waals surface area contributed by atoms with Gasteiger partial charge in [-0.2, -0.15) is 5.10 Å². The van der Waals surface area contributed by atoms with Crippen molar-refractivity contribution >= 4 is 17.0 Å². The maximum atomic E-state index is 4.24. The molecule has 18 heavy (non-hydrogen) atoms. The van der Waals surface area contributed by atoms with Gasteiger partial charge in [-0.05, 0) is 12.1 Å². The van der Waals surface area contributed by atoms with E-state index in [1.807, 2.05) is 35.2 Å². The summed E-state index contributed by atoms with van der Waals surface area (Å²) < 4.78 is 1.74. The Balaban J connectivity index is 1.84. The van der Waals surface area contributed by atoms with E-state index in [0.29, 0.717) is 6.54 Å². The lowest BCUT2D eigenvalue weighted by Crippen LogP contribution is -2.04. The Bertz CT molecular complexity index is 603. The molecule has 0 aliphatic heterocycles. The van der Waals surface area contributed by atoms with E-state index in [0.717, 1.165) is 17.1 Å². The van der Waals surface area contributed by atoms with E-state index in [2.05, 4.69) is 20.4 Å². The molecule has 3 aromatic rings. The molecule has 90 valence electrons. The van der Waals surface area contributed by atoms with Crippen LogP contribution in [0.3, 0.4) is 0 Å². The third kappa shape index (κ3) is 2.23. The molecule has 5 nitrogen and oxygen atoms in total. The first-order valence-electron chi connectivity index (χ1n) is 5.48. The van der Waals surface area contributed by atoms with Gasteiger partial charge >= 0.3 is 0 Å². The maximum absolute atomic E-state index is 4.24. The second kappa shape index (κ2) is 4.97. The van der Waals surface area contributed by atoms with E-state index in [1.165, 1.54) is 6.33 Å². The Morgan fingerprint density at radius 1 is 1.28 bits per heavy atom. The second-order valence-corrected chi connectivity index (χ2v) is 4.41. The van der Waals surface area contributed by atoms with Crippen molar-refractivity contribution in [1.29, 1.82) is 0 Å². The van der Waals surface area contributed by atoms with Crippen LogP contribution in [0.1, 0.15) is 5.69 Å². The van der Waals surface area contributed by atoms with Crippen molar-refractivity contribution in [2.45, 2.75) is 6.54 Å². The van der Waals surface area contributed by atoms with E-state index in [-0.39, 0.29) is 0 Å². The molecule has 0 fully saturated rings. The first-order chi connectivity index (χ1) is 8.93. The number of nitrogens with zero attached hydrogens (tertiary/aromatic N) is 4. The summed E-state index contributed by atoms with van der Waals surface area (Å²) in [5.74, 6) is 0. The van der Waals surface area contributed by atoms with Crippen LogP contribution < -0.4 is 5.32 Å². The molecule has 1 N–H and O–H groups in total. The highest BCUT2D eigenvalue weighted by Gasteiger charge is 2.04. The molecule has 0 saturated carbocycles. The highest BCUT2D eigenvalue weighted by Crippen LogP contribution is 2.19. The maximum Gasteiger partial charge on any atom is 0.138 e. The minimum Gasteiger partial charge on any atom is -0.378 e. The summed E-state index contributed by atoms with van der Waals surface area (Å²) >= 11 is 1.60. The zero-order valence-corrected chi connectivity index (χ0v) is 10.3. The van der Waals surface area contributed by atoms with Crippen LogP contribution in [0.2, 0.25) is 0 Å². The Kier molecular flexibility index (Phi) is 3.01. The number of rotatable bonds is 4. The number of anilines is 1. The van der Waals surface area contributed by atoms with Crippen LogP contribution >= 0.6 is 11.3 Å². The van der Waals surface area contributed by atoms with Crippen molar-refractivity contribution < 1.29 is 0 Å². The van der Waals surface area contributed by atoms with E-state index >= 15 is 0 Å². The standard InChI is InChI=1S/C12H11N5S/c1-2-4-12(17-8-13-7-16-17)11(3-1)14-5-10-6-18-9-15-10/h1-4,6-9,14H,5H2. The zero-order valence-electron chi connectivity index (χ0n) is 9.52. The lowest BCUT2D eigenvalue weighted by Gasteiger charge is -2.10. The number of hydrogen-bond acceptors (Lipinski definition) is 5. The monoisotopic (exact) mass is 257 g/mol. The quantitative estimate of drug-likeness (QED) is 0.779. The van der Waals surface area contributed by atoms with E-state index in [9.17, 15) is 0 Å². The molecule has 0 aliphatic carbocycles. The van der Waals surface area contributed by atoms with Crippen LogP contribution in [-0.2, 0) is 6.54 Å². The van der Waals surface area contributed by atoms with E-state index in [1.54, 1.807) is 22.3 Å². The second-order valence-electron chi connectivity index (χ2n) is 3.69. The number of benzene rings is 1. The van der Waals surface area contributed by atoms with Crippen molar-refractivity contribution in [2.24, 2.45) is 0 Å². The molecule has 6 heteroatoms. The molecule has 3 rings (SSSR count). The number of thiazole rings is 1. The summed E-state index contributed by atoms with van der Waals surface area (Å²) in [6.45, 7) is 0.704. The minimum atomic E-state index is 0.704. The van der Waals surface area contributed by atoms with Crippen LogP contribution in [0.5, 0.6) is 0 Å². The molecular weight excluding hydrogens is 246 g/mol. The van der Waals surface area contributed by atoms with Gasteiger partial charge in [-0.1, -0.05) is 12.1 Å². The average molecular weight is 257 g/mol. The highest BCUT2D eigenvalue weighted by molar-refractivity contribution is 7.07. The topological polar surface area (TPSA) is 55.6 Å². The van der Waals surface area contributed by atoms with Crippen LogP contribution in [0.4, 0.5) is 5.69 Å². The lowest BCUT2D eigenvalue weighted by molar-refractivity contribution is 0.877. The molecule has 0 spiro atoms. The number of hydrogen-bond donors (Lipinski definition) is 1. The smallest absolute Gasteiger partial charge is 0.138 e. The highest BCUT2D eigenvalue weighted by atomic mass is 32.1. The summed E-state index contributed by atoms with van der Waals surface area (Å²) in [6, 6.07) is 7.98. The predicted octanol–water partition coefficient (Wildman–Crippen LogP) is 2.34. The molecule has 2 heterocycles. The lowest BCUT2D eigenvalue weighted by atomic mass is 10.2. The normalized spacial score (nSPS) is 10.4. The van der Waals surface area contributed by atoms with Gasteiger partial charge in [-0.15, -0.1) is 11.3 Å². The summed E-state index contributed by atoms with van der Waals surface area (Å²) in [5.41, 5.74) is 4.86.